The Morgan fingerprint density at radius 3 is 2.43 bits per heavy atom. The quantitative estimate of drug-likeness (QED) is 0.474. The zero-order valence-corrected chi connectivity index (χ0v) is 4.65. The Balaban J connectivity index is 3.68. The second-order valence-electron chi connectivity index (χ2n) is 1.10. The second-order valence-corrected chi connectivity index (χ2v) is 1.10. The second kappa shape index (κ2) is 3.30. The monoisotopic (exact) mass is 95.1 g/mol. The highest BCUT2D eigenvalue weighted by Crippen LogP contribution is 1.78. The summed E-state index contributed by atoms with van der Waals surface area (Å²) in [5.74, 6) is 2.45. The minimum Gasteiger partial charge on any atom is -0.382 e. The molecule has 0 atom stereocenters. The molecular formula is C6H9N. The van der Waals surface area contributed by atoms with Crippen LogP contribution in [-0.4, -0.2) is 7.05 Å². The predicted octanol–water partition coefficient (Wildman–Crippen LogP) is 0.743. The van der Waals surface area contributed by atoms with Gasteiger partial charge >= 0.3 is 0 Å². The maximum atomic E-state index is 5.01. The first-order chi connectivity index (χ1) is 3.35. The van der Waals surface area contributed by atoms with E-state index in [2.05, 4.69) is 11.2 Å². The maximum Gasteiger partial charge on any atom is 0.0804 e. The van der Waals surface area contributed by atoms with Crippen molar-refractivity contribution in [3.63, 3.8) is 0 Å². The zero-order valence-electron chi connectivity index (χ0n) is 4.65. The van der Waals surface area contributed by atoms with Crippen molar-refractivity contribution in [2.24, 2.45) is 0 Å². The van der Waals surface area contributed by atoms with Crippen LogP contribution in [0.3, 0.4) is 0 Å². The van der Waals surface area contributed by atoms with Crippen molar-refractivity contribution in [2.45, 2.75) is 6.92 Å². The molecule has 0 amide bonds. The van der Waals surface area contributed by atoms with E-state index in [-0.39, 0.29) is 0 Å². The first-order valence-electron chi connectivity index (χ1n) is 2.15. The van der Waals surface area contributed by atoms with E-state index in [9.17, 15) is 0 Å². The molecule has 0 fully saturated rings. The van der Waals surface area contributed by atoms with E-state index in [1.807, 2.05) is 13.0 Å². The Labute approximate surface area is 44.4 Å². The summed E-state index contributed by atoms with van der Waals surface area (Å²) in [4.78, 5) is 0. The molecule has 0 radical (unpaired) electrons. The molecule has 0 aliphatic rings. The van der Waals surface area contributed by atoms with Gasteiger partial charge in [-0.05, 0) is 6.92 Å². The highest BCUT2D eigenvalue weighted by molar-refractivity contribution is 5.21. The number of nitrogens with one attached hydrogen (secondary N) is 1. The third kappa shape index (κ3) is 1.88. The molecule has 0 aromatic heterocycles. The summed E-state index contributed by atoms with van der Waals surface area (Å²) in [6.07, 6.45) is 6.86. The summed E-state index contributed by atoms with van der Waals surface area (Å²) in [5, 5.41) is 2.83. The van der Waals surface area contributed by atoms with Crippen LogP contribution in [0.1, 0.15) is 6.92 Å². The van der Waals surface area contributed by atoms with Crippen LogP contribution in [0, 0.1) is 12.3 Å². The van der Waals surface area contributed by atoms with Crippen molar-refractivity contribution < 1.29 is 0 Å². The summed E-state index contributed by atoms with van der Waals surface area (Å²) >= 11 is 0. The summed E-state index contributed by atoms with van der Waals surface area (Å²) in [6.45, 7) is 1.89. The van der Waals surface area contributed by atoms with Gasteiger partial charge in [-0.3, -0.25) is 0 Å². The van der Waals surface area contributed by atoms with Gasteiger partial charge in [-0.1, -0.05) is 12.0 Å². The molecule has 0 aromatic carbocycles. The normalized spacial score (nSPS) is 10.1. The lowest BCUT2D eigenvalue weighted by Gasteiger charge is -1.90. The van der Waals surface area contributed by atoms with Crippen LogP contribution in [0.5, 0.6) is 0 Å². The van der Waals surface area contributed by atoms with Crippen molar-refractivity contribution >= 4 is 0 Å². The zero-order chi connectivity index (χ0) is 5.70. The van der Waals surface area contributed by atoms with Gasteiger partial charge < -0.3 is 5.32 Å². The molecule has 1 N–H and O–H groups in total. The first kappa shape index (κ1) is 6.10. The average Bonchev–Trinajstić information content (AvgIpc) is 1.72. The highest BCUT2D eigenvalue weighted by Gasteiger charge is 1.75. The summed E-state index contributed by atoms with van der Waals surface area (Å²) in [5.41, 5.74) is 0.833. The number of hydrogen-bond donors (Lipinski definition) is 1. The molecule has 0 aliphatic carbocycles. The van der Waals surface area contributed by atoms with E-state index in [1.54, 1.807) is 7.05 Å². The third-order valence-electron chi connectivity index (χ3n) is 0.714. The van der Waals surface area contributed by atoms with Crippen LogP contribution in [0.2, 0.25) is 0 Å². The topological polar surface area (TPSA) is 12.0 Å². The molecule has 1 nitrogen and oxygen atoms in total. The molecule has 0 saturated carbocycles. The minimum atomic E-state index is 0.833. The molecule has 1 heteroatoms. The van der Waals surface area contributed by atoms with Crippen molar-refractivity contribution in [3.05, 3.63) is 11.8 Å². The van der Waals surface area contributed by atoms with Crippen LogP contribution < -0.4 is 5.32 Å². The molecule has 0 heterocycles. The molecule has 0 aliphatic heterocycles. The van der Waals surface area contributed by atoms with Gasteiger partial charge in [-0.25, -0.2) is 0 Å². The Kier molecular flexibility index (Phi) is 2.87. The average molecular weight is 95.1 g/mol. The van der Waals surface area contributed by atoms with Gasteiger partial charge in [0.1, 0.15) is 0 Å². The Morgan fingerprint density at radius 2 is 2.43 bits per heavy atom. The number of allylic oxidation sites excluding steroid dienone is 2. The molecule has 0 rings (SSSR count). The van der Waals surface area contributed by atoms with Crippen molar-refractivity contribution in [2.75, 3.05) is 7.05 Å². The SMILES string of the molecule is C#C/C(=C/C)NC. The van der Waals surface area contributed by atoms with Crippen LogP contribution >= 0.6 is 0 Å². The third-order valence-corrected chi connectivity index (χ3v) is 0.714. The lowest BCUT2D eigenvalue weighted by molar-refractivity contribution is 1.04. The van der Waals surface area contributed by atoms with Gasteiger partial charge in [0, 0.05) is 7.05 Å². The number of hydrogen-bond acceptors (Lipinski definition) is 1. The number of rotatable bonds is 1. The molecule has 38 valence electrons. The minimum absolute atomic E-state index is 0.833. The van der Waals surface area contributed by atoms with Crippen LogP contribution in [0.4, 0.5) is 0 Å². The fourth-order valence-electron chi connectivity index (χ4n) is 0.300. The van der Waals surface area contributed by atoms with Gasteiger partial charge in [-0.15, -0.1) is 6.42 Å². The first-order valence-corrected chi connectivity index (χ1v) is 2.15. The summed E-state index contributed by atoms with van der Waals surface area (Å²) < 4.78 is 0. The Morgan fingerprint density at radius 1 is 1.86 bits per heavy atom. The van der Waals surface area contributed by atoms with E-state index >= 15 is 0 Å². The standard InChI is InChI=1S/C6H9N/c1-4-6(5-2)7-3/h1,5,7H,2-3H3/b6-5-. The smallest absolute Gasteiger partial charge is 0.0804 e. The molecule has 7 heavy (non-hydrogen) atoms. The fourth-order valence-corrected chi connectivity index (χ4v) is 0.300. The number of terminal acetylenes is 1. The molecule has 0 unspecified atom stereocenters. The van der Waals surface area contributed by atoms with Gasteiger partial charge in [0.05, 0.1) is 5.70 Å². The van der Waals surface area contributed by atoms with Crippen molar-refractivity contribution in [3.8, 4) is 12.3 Å². The van der Waals surface area contributed by atoms with Gasteiger partial charge in [0.2, 0.25) is 0 Å². The molecule has 0 aromatic rings. The lowest BCUT2D eigenvalue weighted by Crippen LogP contribution is -2.01. The summed E-state index contributed by atoms with van der Waals surface area (Å²) in [6, 6.07) is 0. The van der Waals surface area contributed by atoms with Gasteiger partial charge in [0.25, 0.3) is 0 Å². The Bertz CT molecular complexity index is 106. The largest absolute Gasteiger partial charge is 0.382 e. The molecule has 0 bridgehead atoms. The highest BCUT2D eigenvalue weighted by atomic mass is 14.8. The van der Waals surface area contributed by atoms with E-state index in [0.29, 0.717) is 0 Å². The molecule has 0 saturated heterocycles. The van der Waals surface area contributed by atoms with Crippen LogP contribution in [-0.2, 0) is 0 Å². The fraction of sp³-hybridized carbons (Fsp3) is 0.333. The van der Waals surface area contributed by atoms with Crippen molar-refractivity contribution in [1.29, 1.82) is 0 Å². The Hall–Kier alpha value is -0.900. The lowest BCUT2D eigenvalue weighted by atomic mass is 10.4. The molecular weight excluding hydrogens is 86.1 g/mol. The van der Waals surface area contributed by atoms with E-state index in [1.165, 1.54) is 0 Å². The van der Waals surface area contributed by atoms with Gasteiger partial charge in [0.15, 0.2) is 0 Å². The molecule has 0 spiro atoms. The van der Waals surface area contributed by atoms with Gasteiger partial charge in [-0.2, -0.15) is 0 Å². The van der Waals surface area contributed by atoms with Crippen LogP contribution in [0.15, 0.2) is 11.8 Å². The summed E-state index contributed by atoms with van der Waals surface area (Å²) in [7, 11) is 1.80. The van der Waals surface area contributed by atoms with Crippen molar-refractivity contribution in [1.82, 2.24) is 5.32 Å². The van der Waals surface area contributed by atoms with E-state index in [4.69, 9.17) is 6.42 Å². The van der Waals surface area contributed by atoms with E-state index < -0.39 is 0 Å². The predicted molar refractivity (Wildman–Crippen MR) is 31.6 cm³/mol. The van der Waals surface area contributed by atoms with Crippen LogP contribution in [0.25, 0.3) is 0 Å². The van der Waals surface area contributed by atoms with E-state index in [0.717, 1.165) is 5.70 Å². The maximum absolute atomic E-state index is 5.01.